The van der Waals surface area contributed by atoms with E-state index in [0.717, 1.165) is 11.1 Å². The van der Waals surface area contributed by atoms with Gasteiger partial charge in [0.25, 0.3) is 0 Å². The van der Waals surface area contributed by atoms with Crippen molar-refractivity contribution in [3.63, 3.8) is 0 Å². The van der Waals surface area contributed by atoms with Crippen LogP contribution in [0, 0.1) is 0 Å². The summed E-state index contributed by atoms with van der Waals surface area (Å²) in [6, 6.07) is 10.1. The molecule has 4 aromatic rings. The first kappa shape index (κ1) is 21.0. The molecule has 1 N–H and O–H groups in total. The zero-order valence-corrected chi connectivity index (χ0v) is 18.5. The van der Waals surface area contributed by atoms with E-state index in [2.05, 4.69) is 14.8 Å². The van der Waals surface area contributed by atoms with Gasteiger partial charge in [-0.3, -0.25) is 19.2 Å². The highest BCUT2D eigenvalue weighted by Crippen LogP contribution is 2.23. The molecular formula is C22H23N5O3S. The van der Waals surface area contributed by atoms with Gasteiger partial charge in [-0.15, -0.1) is 0 Å². The molecule has 0 saturated heterocycles. The average molecular weight is 438 g/mol. The van der Waals surface area contributed by atoms with Gasteiger partial charge in [-0.25, -0.2) is 0 Å². The van der Waals surface area contributed by atoms with E-state index < -0.39 is 10.2 Å². The third-order valence-electron chi connectivity index (χ3n) is 5.27. The van der Waals surface area contributed by atoms with E-state index in [9.17, 15) is 13.2 Å². The molecule has 0 spiro atoms. The Bertz CT molecular complexity index is 1460. The zero-order valence-electron chi connectivity index (χ0n) is 17.7. The Morgan fingerprint density at radius 2 is 1.77 bits per heavy atom. The molecule has 8 nitrogen and oxygen atoms in total. The van der Waals surface area contributed by atoms with Crippen LogP contribution in [0.4, 0.5) is 5.69 Å². The molecule has 2 aromatic carbocycles. The van der Waals surface area contributed by atoms with Crippen molar-refractivity contribution in [2.45, 2.75) is 19.9 Å². The van der Waals surface area contributed by atoms with Gasteiger partial charge in [0, 0.05) is 54.4 Å². The summed E-state index contributed by atoms with van der Waals surface area (Å²) in [6.07, 6.45) is 5.28. The third-order valence-corrected chi connectivity index (χ3v) is 6.95. The molecule has 0 bridgehead atoms. The average Bonchev–Trinajstić information content (AvgIpc) is 3.12. The molecule has 0 aliphatic rings. The Hall–Kier alpha value is -3.30. The fourth-order valence-electron chi connectivity index (χ4n) is 3.29. The Morgan fingerprint density at radius 1 is 1.03 bits per heavy atom. The molecule has 2 heterocycles. The van der Waals surface area contributed by atoms with Gasteiger partial charge in [-0.05, 0) is 43.5 Å². The molecule has 4 rings (SSSR count). The van der Waals surface area contributed by atoms with Crippen molar-refractivity contribution in [3.8, 4) is 11.1 Å². The molecular weight excluding hydrogens is 414 g/mol. The molecule has 0 aliphatic heterocycles. The van der Waals surface area contributed by atoms with E-state index in [1.54, 1.807) is 61.3 Å². The number of hydrogen-bond donors (Lipinski definition) is 1. The number of nitrogens with zero attached hydrogens (tertiary/aromatic N) is 4. The lowest BCUT2D eigenvalue weighted by molar-refractivity contribution is 0.414. The van der Waals surface area contributed by atoms with Crippen molar-refractivity contribution >= 4 is 37.6 Å². The topological polar surface area (TPSA) is 97.2 Å². The highest BCUT2D eigenvalue weighted by molar-refractivity contribution is 7.90. The summed E-state index contributed by atoms with van der Waals surface area (Å²) in [5.74, 6) is 0. The second kappa shape index (κ2) is 7.75. The molecule has 0 amide bonds. The largest absolute Gasteiger partial charge is 0.301 e. The van der Waals surface area contributed by atoms with Gasteiger partial charge in [0.05, 0.1) is 17.4 Å². The maximum atomic E-state index is 13.4. The van der Waals surface area contributed by atoms with E-state index in [0.29, 0.717) is 27.4 Å². The van der Waals surface area contributed by atoms with E-state index in [1.165, 1.54) is 11.4 Å². The standard InChI is InChI=1S/C22H23N5O3S/c1-14(2)27(4)31(29,30)25-18-7-5-15-6-8-21-20(22(28)19(15)10-18)9-16(11-23-21)17-12-24-26(3)13-17/h5-14,25H,1-4H3. The van der Waals surface area contributed by atoms with Crippen molar-refractivity contribution in [1.29, 1.82) is 0 Å². The second-order valence-corrected chi connectivity index (χ2v) is 9.47. The van der Waals surface area contributed by atoms with Crippen LogP contribution in [0.3, 0.4) is 0 Å². The minimum atomic E-state index is -3.73. The number of aromatic nitrogens is 3. The molecule has 2 aromatic heterocycles. The Morgan fingerprint density at radius 3 is 2.45 bits per heavy atom. The molecule has 160 valence electrons. The van der Waals surface area contributed by atoms with Crippen LogP contribution in [-0.2, 0) is 17.3 Å². The normalized spacial score (nSPS) is 12.2. The van der Waals surface area contributed by atoms with Crippen LogP contribution in [0.15, 0.2) is 59.8 Å². The SMILES string of the molecule is CC(C)N(C)S(=O)(=O)Nc1ccc2ccc3ncc(-c4cnn(C)c4)cc3c(=O)c2c1. The summed E-state index contributed by atoms with van der Waals surface area (Å²) in [5.41, 5.74) is 2.32. The maximum Gasteiger partial charge on any atom is 0.301 e. The lowest BCUT2D eigenvalue weighted by Crippen LogP contribution is -2.37. The molecule has 0 saturated carbocycles. The van der Waals surface area contributed by atoms with Gasteiger partial charge in [0.2, 0.25) is 0 Å². The maximum absolute atomic E-state index is 13.4. The minimum Gasteiger partial charge on any atom is -0.289 e. The summed E-state index contributed by atoms with van der Waals surface area (Å²) >= 11 is 0. The van der Waals surface area contributed by atoms with Crippen molar-refractivity contribution in [1.82, 2.24) is 19.1 Å². The Labute approximate surface area is 180 Å². The molecule has 0 unspecified atom stereocenters. The van der Waals surface area contributed by atoms with Crippen LogP contribution in [0.2, 0.25) is 0 Å². The van der Waals surface area contributed by atoms with Gasteiger partial charge in [-0.1, -0.05) is 12.1 Å². The Kier molecular flexibility index (Phi) is 5.24. The lowest BCUT2D eigenvalue weighted by Gasteiger charge is -2.21. The van der Waals surface area contributed by atoms with E-state index in [1.807, 2.05) is 19.3 Å². The quantitative estimate of drug-likeness (QED) is 0.517. The number of pyridine rings is 1. The smallest absolute Gasteiger partial charge is 0.289 e. The van der Waals surface area contributed by atoms with E-state index in [-0.39, 0.29) is 11.5 Å². The predicted molar refractivity (Wildman–Crippen MR) is 123 cm³/mol. The molecule has 0 aliphatic carbocycles. The first-order valence-electron chi connectivity index (χ1n) is 9.77. The van der Waals surface area contributed by atoms with Gasteiger partial charge in [0.15, 0.2) is 5.43 Å². The van der Waals surface area contributed by atoms with E-state index >= 15 is 0 Å². The molecule has 0 fully saturated rings. The summed E-state index contributed by atoms with van der Waals surface area (Å²) in [4.78, 5) is 17.8. The zero-order chi connectivity index (χ0) is 22.3. The summed E-state index contributed by atoms with van der Waals surface area (Å²) < 4.78 is 30.6. The molecule has 31 heavy (non-hydrogen) atoms. The number of nitrogens with one attached hydrogen (secondary N) is 1. The van der Waals surface area contributed by atoms with Crippen molar-refractivity contribution < 1.29 is 8.42 Å². The summed E-state index contributed by atoms with van der Waals surface area (Å²) in [7, 11) is -0.405. The summed E-state index contributed by atoms with van der Waals surface area (Å²) in [5, 5.41) is 5.74. The monoisotopic (exact) mass is 437 g/mol. The highest BCUT2D eigenvalue weighted by atomic mass is 32.2. The molecule has 0 radical (unpaired) electrons. The fraction of sp³-hybridized carbons (Fsp3) is 0.227. The Balaban J connectivity index is 1.87. The van der Waals surface area contributed by atoms with Crippen LogP contribution >= 0.6 is 0 Å². The molecule has 9 heteroatoms. The first-order chi connectivity index (χ1) is 14.7. The second-order valence-electron chi connectivity index (χ2n) is 7.74. The number of aryl methyl sites for hydroxylation is 1. The number of anilines is 1. The third kappa shape index (κ3) is 4.01. The van der Waals surface area contributed by atoms with Crippen LogP contribution in [0.1, 0.15) is 13.8 Å². The van der Waals surface area contributed by atoms with Crippen LogP contribution < -0.4 is 10.2 Å². The summed E-state index contributed by atoms with van der Waals surface area (Å²) in [6.45, 7) is 3.57. The fourth-order valence-corrected chi connectivity index (χ4v) is 4.42. The minimum absolute atomic E-state index is 0.202. The van der Waals surface area contributed by atoms with Crippen molar-refractivity contribution in [3.05, 3.63) is 65.2 Å². The van der Waals surface area contributed by atoms with Gasteiger partial charge in [-0.2, -0.15) is 17.8 Å². The van der Waals surface area contributed by atoms with Gasteiger partial charge in [0.1, 0.15) is 0 Å². The number of benzene rings is 1. The lowest BCUT2D eigenvalue weighted by atomic mass is 10.1. The van der Waals surface area contributed by atoms with Crippen molar-refractivity contribution in [2.24, 2.45) is 7.05 Å². The number of fused-ring (bicyclic) bond motifs is 2. The van der Waals surface area contributed by atoms with Gasteiger partial charge >= 0.3 is 10.2 Å². The van der Waals surface area contributed by atoms with Gasteiger partial charge < -0.3 is 0 Å². The van der Waals surface area contributed by atoms with E-state index in [4.69, 9.17) is 0 Å². The van der Waals surface area contributed by atoms with Crippen LogP contribution in [-0.4, -0.2) is 40.6 Å². The first-order valence-corrected chi connectivity index (χ1v) is 11.2. The predicted octanol–water partition coefficient (Wildman–Crippen LogP) is 3.15. The van der Waals surface area contributed by atoms with Crippen LogP contribution in [0.5, 0.6) is 0 Å². The van der Waals surface area contributed by atoms with Crippen LogP contribution in [0.25, 0.3) is 32.8 Å². The highest BCUT2D eigenvalue weighted by Gasteiger charge is 2.20. The number of rotatable bonds is 5. The number of hydrogen-bond acceptors (Lipinski definition) is 5. The molecule has 0 atom stereocenters. The van der Waals surface area contributed by atoms with Crippen molar-refractivity contribution in [2.75, 3.05) is 11.8 Å².